The van der Waals surface area contributed by atoms with E-state index in [1.54, 1.807) is 13.8 Å². The number of carbonyl (C=O) groups excluding carboxylic acids is 1. The zero-order valence-corrected chi connectivity index (χ0v) is 9.78. The quantitative estimate of drug-likeness (QED) is 0.768. The molecule has 0 fully saturated rings. The normalized spacial score (nSPS) is 11.7. The Kier molecular flexibility index (Phi) is 3.61. The Labute approximate surface area is 93.9 Å². The van der Waals surface area contributed by atoms with Crippen molar-refractivity contribution in [3.8, 4) is 0 Å². The number of hydrogen-bond acceptors (Lipinski definition) is 4. The number of sulfonamides is 1. The highest BCUT2D eigenvalue weighted by Crippen LogP contribution is 2.09. The Morgan fingerprint density at radius 1 is 1.44 bits per heavy atom. The molecule has 88 valence electrons. The molecule has 0 spiro atoms. The second-order valence-electron chi connectivity index (χ2n) is 3.55. The third kappa shape index (κ3) is 3.01. The van der Waals surface area contributed by atoms with Gasteiger partial charge in [-0.15, -0.1) is 0 Å². The van der Waals surface area contributed by atoms with E-state index in [2.05, 4.69) is 9.71 Å². The van der Waals surface area contributed by atoms with Crippen molar-refractivity contribution in [3.63, 3.8) is 0 Å². The molecule has 1 aromatic rings. The van der Waals surface area contributed by atoms with Crippen LogP contribution in [-0.2, 0) is 10.0 Å². The third-order valence-corrected chi connectivity index (χ3v) is 3.32. The van der Waals surface area contributed by atoms with E-state index < -0.39 is 15.9 Å². The van der Waals surface area contributed by atoms with Gasteiger partial charge in [0.05, 0.1) is 5.56 Å². The van der Waals surface area contributed by atoms with Crippen molar-refractivity contribution in [1.29, 1.82) is 0 Å². The summed E-state index contributed by atoms with van der Waals surface area (Å²) in [6, 6.07) is 0.960. The number of amides is 1. The number of aromatic nitrogens is 1. The fourth-order valence-corrected chi connectivity index (χ4v) is 2.32. The highest BCUT2D eigenvalue weighted by Gasteiger charge is 2.17. The maximum atomic E-state index is 11.7. The van der Waals surface area contributed by atoms with Crippen LogP contribution in [0, 0.1) is 0 Å². The van der Waals surface area contributed by atoms with Crippen LogP contribution in [0.4, 0.5) is 0 Å². The van der Waals surface area contributed by atoms with E-state index in [1.165, 1.54) is 12.3 Å². The average molecular weight is 243 g/mol. The molecule has 0 unspecified atom stereocenters. The Morgan fingerprint density at radius 3 is 2.56 bits per heavy atom. The summed E-state index contributed by atoms with van der Waals surface area (Å²) in [5.41, 5.74) is 5.09. The minimum atomic E-state index is -3.64. The van der Waals surface area contributed by atoms with Crippen molar-refractivity contribution in [2.24, 2.45) is 5.73 Å². The number of pyridine rings is 1. The lowest BCUT2D eigenvalue weighted by molar-refractivity contribution is 0.0999. The molecule has 0 saturated carbocycles. The predicted molar refractivity (Wildman–Crippen MR) is 58.2 cm³/mol. The largest absolute Gasteiger partial charge is 0.366 e. The lowest BCUT2D eigenvalue weighted by Crippen LogP contribution is -2.30. The van der Waals surface area contributed by atoms with E-state index in [9.17, 15) is 13.2 Å². The van der Waals surface area contributed by atoms with Gasteiger partial charge in [-0.2, -0.15) is 0 Å². The molecular formula is C9H13N3O3S. The van der Waals surface area contributed by atoms with Gasteiger partial charge in [-0.3, -0.25) is 9.78 Å². The smallest absolute Gasteiger partial charge is 0.250 e. The summed E-state index contributed by atoms with van der Waals surface area (Å²) >= 11 is 0. The highest BCUT2D eigenvalue weighted by atomic mass is 32.2. The maximum Gasteiger partial charge on any atom is 0.250 e. The SMILES string of the molecule is CC(C)NS(=O)(=O)c1cncc(C(N)=O)c1. The molecule has 6 nitrogen and oxygen atoms in total. The van der Waals surface area contributed by atoms with E-state index in [0.717, 1.165) is 6.20 Å². The van der Waals surface area contributed by atoms with Gasteiger partial charge in [-0.1, -0.05) is 0 Å². The number of nitrogens with zero attached hydrogens (tertiary/aromatic N) is 1. The first-order valence-electron chi connectivity index (χ1n) is 4.60. The summed E-state index contributed by atoms with van der Waals surface area (Å²) in [4.78, 5) is 14.5. The molecule has 16 heavy (non-hydrogen) atoms. The van der Waals surface area contributed by atoms with Crippen LogP contribution in [0.2, 0.25) is 0 Å². The first-order valence-corrected chi connectivity index (χ1v) is 6.08. The summed E-state index contributed by atoms with van der Waals surface area (Å²) in [6.45, 7) is 3.39. The zero-order valence-electron chi connectivity index (χ0n) is 8.97. The summed E-state index contributed by atoms with van der Waals surface area (Å²) in [5, 5.41) is 0. The van der Waals surface area contributed by atoms with Crippen molar-refractivity contribution in [2.75, 3.05) is 0 Å². The molecule has 1 aromatic heterocycles. The number of nitrogens with two attached hydrogens (primary N) is 1. The Bertz CT molecular complexity index is 496. The van der Waals surface area contributed by atoms with Gasteiger partial charge >= 0.3 is 0 Å². The molecule has 0 radical (unpaired) electrons. The first-order chi connectivity index (χ1) is 7.33. The van der Waals surface area contributed by atoms with E-state index in [0.29, 0.717) is 0 Å². The van der Waals surface area contributed by atoms with E-state index in [4.69, 9.17) is 5.73 Å². The lowest BCUT2D eigenvalue weighted by atomic mass is 10.3. The van der Waals surface area contributed by atoms with Crippen molar-refractivity contribution < 1.29 is 13.2 Å². The lowest BCUT2D eigenvalue weighted by Gasteiger charge is -2.09. The van der Waals surface area contributed by atoms with Crippen LogP contribution in [-0.4, -0.2) is 25.4 Å². The monoisotopic (exact) mass is 243 g/mol. The highest BCUT2D eigenvalue weighted by molar-refractivity contribution is 7.89. The van der Waals surface area contributed by atoms with Gasteiger partial charge in [-0.05, 0) is 19.9 Å². The molecule has 0 aliphatic carbocycles. The van der Waals surface area contributed by atoms with Crippen LogP contribution < -0.4 is 10.5 Å². The van der Waals surface area contributed by atoms with Crippen molar-refractivity contribution in [3.05, 3.63) is 24.0 Å². The second-order valence-corrected chi connectivity index (χ2v) is 5.26. The van der Waals surface area contributed by atoms with Crippen molar-refractivity contribution in [1.82, 2.24) is 9.71 Å². The fourth-order valence-electron chi connectivity index (χ4n) is 1.08. The van der Waals surface area contributed by atoms with Crippen LogP contribution in [0.5, 0.6) is 0 Å². The minimum absolute atomic E-state index is 0.0617. The van der Waals surface area contributed by atoms with Crippen LogP contribution in [0.3, 0.4) is 0 Å². The Balaban J connectivity index is 3.14. The maximum absolute atomic E-state index is 11.7. The van der Waals surface area contributed by atoms with Crippen molar-refractivity contribution in [2.45, 2.75) is 24.8 Å². The van der Waals surface area contributed by atoms with Gasteiger partial charge in [-0.25, -0.2) is 13.1 Å². The van der Waals surface area contributed by atoms with Gasteiger partial charge in [0.1, 0.15) is 4.90 Å². The summed E-state index contributed by atoms with van der Waals surface area (Å²) < 4.78 is 25.8. The van der Waals surface area contributed by atoms with Crippen LogP contribution in [0.25, 0.3) is 0 Å². The second kappa shape index (κ2) is 4.58. The third-order valence-electron chi connectivity index (χ3n) is 1.70. The van der Waals surface area contributed by atoms with Crippen molar-refractivity contribution >= 4 is 15.9 Å². The molecule has 3 N–H and O–H groups in total. The van der Waals surface area contributed by atoms with E-state index in [1.807, 2.05) is 0 Å². The first kappa shape index (κ1) is 12.6. The van der Waals surface area contributed by atoms with Gasteiger partial charge < -0.3 is 5.73 Å². The number of carbonyl (C=O) groups is 1. The van der Waals surface area contributed by atoms with Gasteiger partial charge in [0.2, 0.25) is 15.9 Å². The van der Waals surface area contributed by atoms with Crippen LogP contribution in [0.15, 0.2) is 23.4 Å². The average Bonchev–Trinajstić information content (AvgIpc) is 2.16. The molecule has 0 atom stereocenters. The van der Waals surface area contributed by atoms with E-state index in [-0.39, 0.29) is 16.5 Å². The molecule has 0 aromatic carbocycles. The molecule has 7 heteroatoms. The van der Waals surface area contributed by atoms with E-state index >= 15 is 0 Å². The standard InChI is InChI=1S/C9H13N3O3S/c1-6(2)12-16(14,15)8-3-7(9(10)13)4-11-5-8/h3-6,12H,1-2H3,(H2,10,13). The minimum Gasteiger partial charge on any atom is -0.366 e. The molecule has 0 saturated heterocycles. The van der Waals surface area contributed by atoms with Gasteiger partial charge in [0.25, 0.3) is 0 Å². The molecule has 0 aliphatic rings. The Hall–Kier alpha value is -1.47. The summed E-state index contributed by atoms with van der Waals surface area (Å²) in [5.74, 6) is -0.714. The number of primary amides is 1. The summed E-state index contributed by atoms with van der Waals surface area (Å²) in [6.07, 6.45) is 2.38. The molecule has 1 rings (SSSR count). The molecular weight excluding hydrogens is 230 g/mol. The number of nitrogens with one attached hydrogen (secondary N) is 1. The molecule has 0 bridgehead atoms. The predicted octanol–water partition coefficient (Wildman–Crippen LogP) is -0.133. The van der Waals surface area contributed by atoms with Gasteiger partial charge in [0, 0.05) is 18.4 Å². The summed E-state index contributed by atoms with van der Waals surface area (Å²) in [7, 11) is -3.64. The van der Waals surface area contributed by atoms with Gasteiger partial charge in [0.15, 0.2) is 0 Å². The van der Waals surface area contributed by atoms with Crippen LogP contribution in [0.1, 0.15) is 24.2 Å². The molecule has 1 amide bonds. The fraction of sp³-hybridized carbons (Fsp3) is 0.333. The topological polar surface area (TPSA) is 102 Å². The molecule has 1 heterocycles. The zero-order chi connectivity index (χ0) is 12.3. The Morgan fingerprint density at radius 2 is 2.06 bits per heavy atom. The van der Waals surface area contributed by atoms with Crippen LogP contribution >= 0.6 is 0 Å². The molecule has 0 aliphatic heterocycles. The number of rotatable bonds is 4. The number of hydrogen-bond donors (Lipinski definition) is 2.